The minimum absolute atomic E-state index is 0.116. The lowest BCUT2D eigenvalue weighted by Crippen LogP contribution is -2.37. The van der Waals surface area contributed by atoms with E-state index in [-0.39, 0.29) is 18.7 Å². The number of rotatable bonds is 5. The Hall–Kier alpha value is -3.36. The number of benzene rings is 1. The highest BCUT2D eigenvalue weighted by atomic mass is 19.1. The Bertz CT molecular complexity index is 941. The summed E-state index contributed by atoms with van der Waals surface area (Å²) in [6, 6.07) is 7.98. The van der Waals surface area contributed by atoms with E-state index in [9.17, 15) is 18.4 Å². The minimum Gasteiger partial charge on any atom is -0.347 e. The summed E-state index contributed by atoms with van der Waals surface area (Å²) in [5.74, 6) is -2.54. The Morgan fingerprint density at radius 3 is 2.72 bits per heavy atom. The van der Waals surface area contributed by atoms with Gasteiger partial charge in [0.15, 0.2) is 11.5 Å². The van der Waals surface area contributed by atoms with Crippen LogP contribution in [0.3, 0.4) is 0 Å². The molecule has 3 aromatic rings. The summed E-state index contributed by atoms with van der Waals surface area (Å²) in [5, 5.41) is 12.7. The fourth-order valence-corrected chi connectivity index (χ4v) is 2.18. The number of carbonyl (C=O) groups excluding carboxylic acids is 2. The van der Waals surface area contributed by atoms with Crippen LogP contribution in [0.2, 0.25) is 0 Å². The maximum atomic E-state index is 13.5. The lowest BCUT2D eigenvalue weighted by molar-refractivity contribution is -0.120. The minimum atomic E-state index is -0.993. The van der Waals surface area contributed by atoms with Gasteiger partial charge in [0.05, 0.1) is 18.7 Å². The quantitative estimate of drug-likeness (QED) is 0.724. The van der Waals surface area contributed by atoms with Crippen molar-refractivity contribution in [1.82, 2.24) is 25.2 Å². The molecule has 0 saturated carbocycles. The van der Waals surface area contributed by atoms with E-state index in [1.165, 1.54) is 0 Å². The number of aromatic nitrogens is 3. The van der Waals surface area contributed by atoms with Crippen LogP contribution < -0.4 is 10.6 Å². The zero-order valence-corrected chi connectivity index (χ0v) is 12.9. The van der Waals surface area contributed by atoms with Crippen molar-refractivity contribution in [2.75, 3.05) is 6.54 Å². The van der Waals surface area contributed by atoms with Crippen LogP contribution in [-0.4, -0.2) is 33.0 Å². The van der Waals surface area contributed by atoms with E-state index in [1.54, 1.807) is 22.7 Å². The number of halogens is 2. The summed E-state index contributed by atoms with van der Waals surface area (Å²) in [4.78, 5) is 23.6. The molecule has 0 atom stereocenters. The van der Waals surface area contributed by atoms with Crippen LogP contribution in [0.25, 0.3) is 5.65 Å². The fraction of sp³-hybridized carbons (Fsp3) is 0.125. The van der Waals surface area contributed by atoms with Crippen LogP contribution in [0.5, 0.6) is 0 Å². The molecule has 2 aromatic heterocycles. The van der Waals surface area contributed by atoms with Crippen LogP contribution >= 0.6 is 0 Å². The first-order chi connectivity index (χ1) is 12.0. The van der Waals surface area contributed by atoms with Gasteiger partial charge in [-0.3, -0.25) is 14.0 Å². The van der Waals surface area contributed by atoms with Crippen molar-refractivity contribution >= 4 is 17.5 Å². The number of amides is 2. The van der Waals surface area contributed by atoms with Crippen LogP contribution in [0.1, 0.15) is 16.2 Å². The Labute approximate surface area is 140 Å². The summed E-state index contributed by atoms with van der Waals surface area (Å²) in [5.41, 5.74) is 0.310. The summed E-state index contributed by atoms with van der Waals surface area (Å²) >= 11 is 0. The van der Waals surface area contributed by atoms with E-state index < -0.39 is 23.4 Å². The van der Waals surface area contributed by atoms with E-state index in [2.05, 4.69) is 20.8 Å². The summed E-state index contributed by atoms with van der Waals surface area (Å²) < 4.78 is 28.0. The second kappa shape index (κ2) is 7.04. The Balaban J connectivity index is 1.53. The first-order valence-corrected chi connectivity index (χ1v) is 7.33. The number of pyridine rings is 1. The van der Waals surface area contributed by atoms with Crippen LogP contribution in [0, 0.1) is 11.6 Å². The first kappa shape index (κ1) is 16.5. The van der Waals surface area contributed by atoms with Crippen molar-refractivity contribution in [3.05, 3.63) is 65.6 Å². The molecule has 0 aliphatic rings. The second-order valence-corrected chi connectivity index (χ2v) is 5.13. The highest BCUT2D eigenvalue weighted by molar-refractivity contribution is 5.96. The maximum Gasteiger partial charge on any atom is 0.254 e. The topological polar surface area (TPSA) is 88.4 Å². The van der Waals surface area contributed by atoms with Gasteiger partial charge in [0.1, 0.15) is 11.6 Å². The molecule has 0 bridgehead atoms. The molecule has 1 aromatic carbocycles. The molecule has 25 heavy (non-hydrogen) atoms. The van der Waals surface area contributed by atoms with Crippen molar-refractivity contribution in [2.24, 2.45) is 0 Å². The molecule has 0 aliphatic heterocycles. The number of carbonyl (C=O) groups is 2. The maximum absolute atomic E-state index is 13.5. The third-order valence-electron chi connectivity index (χ3n) is 3.41. The number of hydrogen-bond donors (Lipinski definition) is 2. The second-order valence-electron chi connectivity index (χ2n) is 5.13. The molecule has 2 N–H and O–H groups in total. The van der Waals surface area contributed by atoms with E-state index >= 15 is 0 Å². The number of hydrogen-bond acceptors (Lipinski definition) is 4. The monoisotopic (exact) mass is 345 g/mol. The zero-order chi connectivity index (χ0) is 17.8. The highest BCUT2D eigenvalue weighted by Gasteiger charge is 2.14. The molecule has 3 rings (SSSR count). The van der Waals surface area contributed by atoms with Gasteiger partial charge >= 0.3 is 0 Å². The smallest absolute Gasteiger partial charge is 0.254 e. The molecule has 0 radical (unpaired) electrons. The van der Waals surface area contributed by atoms with Crippen LogP contribution in [0.15, 0.2) is 42.6 Å². The van der Waals surface area contributed by atoms with Crippen molar-refractivity contribution in [3.8, 4) is 0 Å². The number of nitrogens with zero attached hydrogens (tertiary/aromatic N) is 3. The van der Waals surface area contributed by atoms with Crippen molar-refractivity contribution < 1.29 is 18.4 Å². The van der Waals surface area contributed by atoms with Gasteiger partial charge in [0.2, 0.25) is 5.91 Å². The standard InChI is InChI=1S/C16H13F2N5O2/c17-10-4-5-11(12(18)7-10)16(25)20-9-15(24)19-8-14-22-21-13-3-1-2-6-23(13)14/h1-7H,8-9H2,(H,19,24)(H,20,25). The molecule has 0 unspecified atom stereocenters. The molecule has 0 aliphatic carbocycles. The van der Waals surface area contributed by atoms with Crippen molar-refractivity contribution in [1.29, 1.82) is 0 Å². The Kier molecular flexibility index (Phi) is 4.64. The predicted molar refractivity (Wildman–Crippen MR) is 83.5 cm³/mol. The van der Waals surface area contributed by atoms with Gasteiger partial charge < -0.3 is 10.6 Å². The van der Waals surface area contributed by atoms with E-state index in [0.29, 0.717) is 17.5 Å². The van der Waals surface area contributed by atoms with E-state index in [0.717, 1.165) is 12.1 Å². The molecule has 128 valence electrons. The van der Waals surface area contributed by atoms with Crippen molar-refractivity contribution in [3.63, 3.8) is 0 Å². The molecular weight excluding hydrogens is 332 g/mol. The first-order valence-electron chi connectivity index (χ1n) is 7.33. The van der Waals surface area contributed by atoms with E-state index in [4.69, 9.17) is 0 Å². The number of fused-ring (bicyclic) bond motifs is 1. The molecular formula is C16H13F2N5O2. The van der Waals surface area contributed by atoms with Gasteiger partial charge in [0.25, 0.3) is 5.91 Å². The van der Waals surface area contributed by atoms with Crippen LogP contribution in [0.4, 0.5) is 8.78 Å². The molecule has 2 heterocycles. The summed E-state index contributed by atoms with van der Waals surface area (Å²) in [6.07, 6.45) is 1.76. The SMILES string of the molecule is O=C(CNC(=O)c1ccc(F)cc1F)NCc1nnc2ccccn12. The van der Waals surface area contributed by atoms with Gasteiger partial charge in [-0.15, -0.1) is 10.2 Å². The lowest BCUT2D eigenvalue weighted by atomic mass is 10.2. The Morgan fingerprint density at radius 1 is 1.08 bits per heavy atom. The van der Waals surface area contributed by atoms with Crippen LogP contribution in [-0.2, 0) is 11.3 Å². The van der Waals surface area contributed by atoms with E-state index in [1.807, 2.05) is 6.07 Å². The molecule has 0 spiro atoms. The number of nitrogens with one attached hydrogen (secondary N) is 2. The predicted octanol–water partition coefficient (Wildman–Crippen LogP) is 1.05. The van der Waals surface area contributed by atoms with Gasteiger partial charge in [-0.1, -0.05) is 6.07 Å². The average molecular weight is 345 g/mol. The molecule has 2 amide bonds. The van der Waals surface area contributed by atoms with Gasteiger partial charge in [-0.25, -0.2) is 8.78 Å². The molecule has 0 saturated heterocycles. The normalized spacial score (nSPS) is 10.6. The third-order valence-corrected chi connectivity index (χ3v) is 3.41. The summed E-state index contributed by atoms with van der Waals surface area (Å²) in [6.45, 7) is -0.239. The molecule has 9 heteroatoms. The fourth-order valence-electron chi connectivity index (χ4n) is 2.18. The average Bonchev–Trinajstić information content (AvgIpc) is 3.01. The van der Waals surface area contributed by atoms with Gasteiger partial charge in [-0.05, 0) is 24.3 Å². The zero-order valence-electron chi connectivity index (χ0n) is 12.9. The third kappa shape index (κ3) is 3.77. The van der Waals surface area contributed by atoms with Gasteiger partial charge in [0, 0.05) is 12.3 Å². The molecule has 7 nitrogen and oxygen atoms in total. The van der Waals surface area contributed by atoms with Crippen molar-refractivity contribution in [2.45, 2.75) is 6.54 Å². The lowest BCUT2D eigenvalue weighted by Gasteiger charge is -2.07. The Morgan fingerprint density at radius 2 is 1.92 bits per heavy atom. The summed E-state index contributed by atoms with van der Waals surface area (Å²) in [7, 11) is 0. The highest BCUT2D eigenvalue weighted by Crippen LogP contribution is 2.09. The molecule has 0 fully saturated rings. The van der Waals surface area contributed by atoms with Gasteiger partial charge in [-0.2, -0.15) is 0 Å². The largest absolute Gasteiger partial charge is 0.347 e.